The Bertz CT molecular complexity index is 1110. The Morgan fingerprint density at radius 2 is 1.73 bits per heavy atom. The van der Waals surface area contributed by atoms with Crippen LogP contribution in [0.3, 0.4) is 0 Å². The SMILES string of the molecule is CCOc1ccc(S(=O)(=O)NCC(c2cccc(OC)c2)N(C)C)c2ccccc12. The normalized spacial score (nSPS) is 12.8. The first-order valence-electron chi connectivity index (χ1n) is 9.82. The lowest BCUT2D eigenvalue weighted by Gasteiger charge is -2.25. The van der Waals surface area contributed by atoms with Crippen molar-refractivity contribution >= 4 is 20.8 Å². The first-order chi connectivity index (χ1) is 14.4. The third-order valence-corrected chi connectivity index (χ3v) is 6.48. The third kappa shape index (κ3) is 4.75. The maximum atomic E-state index is 13.2. The van der Waals surface area contributed by atoms with Crippen molar-refractivity contribution in [2.45, 2.75) is 17.9 Å². The average molecular weight is 429 g/mol. The van der Waals surface area contributed by atoms with Gasteiger partial charge in [-0.2, -0.15) is 0 Å². The van der Waals surface area contributed by atoms with Gasteiger partial charge in [-0.15, -0.1) is 0 Å². The van der Waals surface area contributed by atoms with Crippen LogP contribution in [0.4, 0.5) is 0 Å². The minimum absolute atomic E-state index is 0.149. The number of nitrogens with zero attached hydrogens (tertiary/aromatic N) is 1. The highest BCUT2D eigenvalue weighted by Crippen LogP contribution is 2.31. The first-order valence-corrected chi connectivity index (χ1v) is 11.3. The highest BCUT2D eigenvalue weighted by molar-refractivity contribution is 7.89. The molecular weight excluding hydrogens is 400 g/mol. The molecule has 0 radical (unpaired) electrons. The quantitative estimate of drug-likeness (QED) is 0.561. The lowest BCUT2D eigenvalue weighted by atomic mass is 10.1. The molecule has 6 nitrogen and oxygen atoms in total. The summed E-state index contributed by atoms with van der Waals surface area (Å²) in [6.45, 7) is 2.64. The summed E-state index contributed by atoms with van der Waals surface area (Å²) in [7, 11) is 1.72. The van der Waals surface area contributed by atoms with Crippen LogP contribution in [0.5, 0.6) is 11.5 Å². The van der Waals surface area contributed by atoms with Crippen molar-refractivity contribution in [1.82, 2.24) is 9.62 Å². The van der Waals surface area contributed by atoms with Gasteiger partial charge >= 0.3 is 0 Å². The van der Waals surface area contributed by atoms with Crippen molar-refractivity contribution in [2.24, 2.45) is 0 Å². The van der Waals surface area contributed by atoms with Gasteiger partial charge in [0.1, 0.15) is 11.5 Å². The molecule has 0 saturated heterocycles. The van der Waals surface area contributed by atoms with E-state index in [1.54, 1.807) is 25.3 Å². The van der Waals surface area contributed by atoms with E-state index >= 15 is 0 Å². The molecule has 160 valence electrons. The number of nitrogens with one attached hydrogen (secondary N) is 1. The fraction of sp³-hybridized carbons (Fsp3) is 0.304. The van der Waals surface area contributed by atoms with Crippen molar-refractivity contribution < 1.29 is 17.9 Å². The van der Waals surface area contributed by atoms with Gasteiger partial charge in [0, 0.05) is 23.4 Å². The zero-order valence-corrected chi connectivity index (χ0v) is 18.6. The second-order valence-corrected chi connectivity index (χ2v) is 8.88. The largest absolute Gasteiger partial charge is 0.497 e. The molecule has 0 aliphatic rings. The van der Waals surface area contributed by atoms with Crippen LogP contribution in [0, 0.1) is 0 Å². The summed E-state index contributed by atoms with van der Waals surface area (Å²) in [5.74, 6) is 1.41. The smallest absolute Gasteiger partial charge is 0.241 e. The lowest BCUT2D eigenvalue weighted by Crippen LogP contribution is -2.34. The molecule has 0 saturated carbocycles. The maximum absolute atomic E-state index is 13.2. The second-order valence-electron chi connectivity index (χ2n) is 7.15. The van der Waals surface area contributed by atoms with E-state index in [1.165, 1.54) is 0 Å². The monoisotopic (exact) mass is 428 g/mol. The van der Waals surface area contributed by atoms with E-state index in [4.69, 9.17) is 9.47 Å². The summed E-state index contributed by atoms with van der Waals surface area (Å²) < 4.78 is 40.2. The summed E-state index contributed by atoms with van der Waals surface area (Å²) in [6.07, 6.45) is 0. The molecule has 0 spiro atoms. The van der Waals surface area contributed by atoms with Gasteiger partial charge in [-0.25, -0.2) is 13.1 Å². The molecular formula is C23H28N2O4S. The van der Waals surface area contributed by atoms with E-state index < -0.39 is 10.0 Å². The van der Waals surface area contributed by atoms with Crippen LogP contribution >= 0.6 is 0 Å². The Kier molecular flexibility index (Phi) is 6.97. The maximum Gasteiger partial charge on any atom is 0.241 e. The average Bonchev–Trinajstić information content (AvgIpc) is 2.74. The van der Waals surface area contributed by atoms with E-state index in [0.717, 1.165) is 16.7 Å². The van der Waals surface area contributed by atoms with Gasteiger partial charge in [-0.05, 0) is 50.8 Å². The number of ether oxygens (including phenoxy) is 2. The zero-order valence-electron chi connectivity index (χ0n) is 17.8. The molecule has 0 amide bonds. The summed E-state index contributed by atoms with van der Waals surface area (Å²) in [5.41, 5.74) is 0.971. The van der Waals surface area contributed by atoms with Crippen molar-refractivity contribution in [3.8, 4) is 11.5 Å². The number of fused-ring (bicyclic) bond motifs is 1. The molecule has 0 aliphatic heterocycles. The summed E-state index contributed by atoms with van der Waals surface area (Å²) in [6, 6.07) is 18.2. The molecule has 1 unspecified atom stereocenters. The molecule has 0 bridgehead atoms. The fourth-order valence-corrected chi connectivity index (χ4v) is 4.72. The van der Waals surface area contributed by atoms with Crippen LogP contribution in [0.25, 0.3) is 10.8 Å². The minimum Gasteiger partial charge on any atom is -0.497 e. The number of hydrogen-bond donors (Lipinski definition) is 1. The number of rotatable bonds is 9. The van der Waals surface area contributed by atoms with Crippen LogP contribution in [-0.2, 0) is 10.0 Å². The Hall–Kier alpha value is -2.61. The van der Waals surface area contributed by atoms with E-state index in [0.29, 0.717) is 17.7 Å². The van der Waals surface area contributed by atoms with Gasteiger partial charge in [0.25, 0.3) is 0 Å². The Morgan fingerprint density at radius 3 is 2.40 bits per heavy atom. The van der Waals surface area contributed by atoms with Crippen LogP contribution in [-0.4, -0.2) is 47.7 Å². The van der Waals surface area contributed by atoms with E-state index in [-0.39, 0.29) is 17.5 Å². The first kappa shape index (κ1) is 22.1. The fourth-order valence-electron chi connectivity index (χ4n) is 3.47. The molecule has 0 heterocycles. The van der Waals surface area contributed by atoms with Crippen LogP contribution in [0.2, 0.25) is 0 Å². The Balaban J connectivity index is 1.91. The van der Waals surface area contributed by atoms with Crippen molar-refractivity contribution in [3.05, 3.63) is 66.2 Å². The minimum atomic E-state index is -3.73. The molecule has 3 rings (SSSR count). The standard InChI is InChI=1S/C23H28N2O4S/c1-5-29-22-13-14-23(20-12-7-6-11-19(20)22)30(26,27)24-16-21(25(2)3)17-9-8-10-18(15-17)28-4/h6-15,21,24H,5,16H2,1-4H3. The third-order valence-electron chi connectivity index (χ3n) is 5.00. The molecule has 3 aromatic rings. The number of sulfonamides is 1. The molecule has 3 aromatic carbocycles. The zero-order chi connectivity index (χ0) is 21.7. The molecule has 30 heavy (non-hydrogen) atoms. The Morgan fingerprint density at radius 1 is 1.00 bits per heavy atom. The summed E-state index contributed by atoms with van der Waals surface area (Å²) in [4.78, 5) is 2.22. The van der Waals surface area contributed by atoms with Gasteiger partial charge in [0.2, 0.25) is 10.0 Å². The van der Waals surface area contributed by atoms with Crippen molar-refractivity contribution in [2.75, 3.05) is 34.4 Å². The number of hydrogen-bond acceptors (Lipinski definition) is 5. The Labute approximate surface area is 178 Å². The lowest BCUT2D eigenvalue weighted by molar-refractivity contribution is 0.298. The highest BCUT2D eigenvalue weighted by Gasteiger charge is 2.22. The molecule has 0 aliphatic carbocycles. The van der Waals surface area contributed by atoms with Crippen molar-refractivity contribution in [3.63, 3.8) is 0 Å². The topological polar surface area (TPSA) is 67.9 Å². The van der Waals surface area contributed by atoms with Gasteiger partial charge in [0.15, 0.2) is 0 Å². The molecule has 1 atom stereocenters. The summed E-state index contributed by atoms with van der Waals surface area (Å²) in [5, 5.41) is 1.41. The van der Waals surface area contributed by atoms with Crippen LogP contribution in [0.15, 0.2) is 65.6 Å². The van der Waals surface area contributed by atoms with Gasteiger partial charge in [-0.3, -0.25) is 0 Å². The predicted octanol–water partition coefficient (Wildman–Crippen LogP) is 3.83. The van der Waals surface area contributed by atoms with E-state index in [2.05, 4.69) is 4.72 Å². The second kappa shape index (κ2) is 9.47. The van der Waals surface area contributed by atoms with Crippen LogP contribution in [0.1, 0.15) is 18.5 Å². The highest BCUT2D eigenvalue weighted by atomic mass is 32.2. The molecule has 1 N–H and O–H groups in total. The number of benzene rings is 3. The number of methoxy groups -OCH3 is 1. The van der Waals surface area contributed by atoms with Crippen molar-refractivity contribution in [1.29, 1.82) is 0 Å². The molecule has 0 aromatic heterocycles. The van der Waals surface area contributed by atoms with E-state index in [1.807, 2.05) is 68.4 Å². The van der Waals surface area contributed by atoms with Crippen LogP contribution < -0.4 is 14.2 Å². The van der Waals surface area contributed by atoms with E-state index in [9.17, 15) is 8.42 Å². The number of likely N-dealkylation sites (N-methyl/N-ethyl adjacent to an activating group) is 1. The van der Waals surface area contributed by atoms with Gasteiger partial charge in [-0.1, -0.05) is 36.4 Å². The predicted molar refractivity (Wildman–Crippen MR) is 120 cm³/mol. The molecule has 7 heteroatoms. The van der Waals surface area contributed by atoms with Gasteiger partial charge < -0.3 is 14.4 Å². The molecule has 0 fully saturated rings. The summed E-state index contributed by atoms with van der Waals surface area (Å²) >= 11 is 0. The van der Waals surface area contributed by atoms with Gasteiger partial charge in [0.05, 0.1) is 18.6 Å².